The van der Waals surface area contributed by atoms with Gasteiger partial charge < -0.3 is 15.3 Å². The fourth-order valence-electron chi connectivity index (χ4n) is 2.47. The molecule has 0 saturated carbocycles. The Kier molecular flexibility index (Phi) is 4.90. The normalized spacial score (nSPS) is 20.1. The predicted molar refractivity (Wildman–Crippen MR) is 71.4 cm³/mol. The van der Waals surface area contributed by atoms with Gasteiger partial charge in [0.2, 0.25) is 5.95 Å². The topological polar surface area (TPSA) is 61.3 Å². The van der Waals surface area contributed by atoms with Gasteiger partial charge in [0.05, 0.1) is 0 Å². The zero-order valence-corrected chi connectivity index (χ0v) is 11.0. The summed E-state index contributed by atoms with van der Waals surface area (Å²) in [6, 6.07) is 0. The smallest absolute Gasteiger partial charge is 0.225 e. The van der Waals surface area contributed by atoms with Crippen LogP contribution >= 0.6 is 0 Å². The van der Waals surface area contributed by atoms with Crippen LogP contribution in [0.25, 0.3) is 0 Å². The number of hydrogen-bond acceptors (Lipinski definition) is 5. The van der Waals surface area contributed by atoms with Gasteiger partial charge in [-0.2, -0.15) is 0 Å². The van der Waals surface area contributed by atoms with Crippen molar-refractivity contribution in [1.82, 2.24) is 15.3 Å². The van der Waals surface area contributed by atoms with E-state index in [1.54, 1.807) is 0 Å². The first-order chi connectivity index (χ1) is 8.83. The fourth-order valence-corrected chi connectivity index (χ4v) is 2.47. The lowest BCUT2D eigenvalue weighted by Gasteiger charge is -2.32. The highest BCUT2D eigenvalue weighted by Gasteiger charge is 2.21. The van der Waals surface area contributed by atoms with Crippen LogP contribution in [-0.4, -0.2) is 41.8 Å². The van der Waals surface area contributed by atoms with E-state index in [-0.39, 0.29) is 6.61 Å². The first-order valence-corrected chi connectivity index (χ1v) is 6.65. The van der Waals surface area contributed by atoms with Gasteiger partial charge in [0.15, 0.2) is 0 Å². The van der Waals surface area contributed by atoms with E-state index in [2.05, 4.69) is 20.2 Å². The number of rotatable bonds is 5. The Morgan fingerprint density at radius 1 is 1.44 bits per heavy atom. The molecule has 100 valence electrons. The zero-order chi connectivity index (χ0) is 12.8. The van der Waals surface area contributed by atoms with E-state index in [9.17, 15) is 0 Å². The average Bonchev–Trinajstić information content (AvgIpc) is 2.41. The Morgan fingerprint density at radius 2 is 2.22 bits per heavy atom. The van der Waals surface area contributed by atoms with Crippen molar-refractivity contribution in [3.63, 3.8) is 0 Å². The quantitative estimate of drug-likeness (QED) is 0.809. The van der Waals surface area contributed by atoms with Crippen LogP contribution in [-0.2, 0) is 6.54 Å². The molecule has 0 aliphatic carbocycles. The molecule has 0 aromatic carbocycles. The Balaban J connectivity index is 1.97. The van der Waals surface area contributed by atoms with Crippen molar-refractivity contribution in [2.24, 2.45) is 5.92 Å². The molecule has 0 spiro atoms. The summed E-state index contributed by atoms with van der Waals surface area (Å²) in [7, 11) is 1.91. The number of nitrogens with zero attached hydrogens (tertiary/aromatic N) is 3. The molecule has 1 saturated heterocycles. The third kappa shape index (κ3) is 3.40. The number of aliphatic hydroxyl groups excluding tert-OH is 1. The second-order valence-electron chi connectivity index (χ2n) is 4.89. The molecule has 0 bridgehead atoms. The minimum atomic E-state index is 0.278. The number of anilines is 1. The molecule has 2 rings (SSSR count). The van der Waals surface area contributed by atoms with Crippen molar-refractivity contribution in [1.29, 1.82) is 0 Å². The van der Waals surface area contributed by atoms with Crippen molar-refractivity contribution in [3.05, 3.63) is 18.0 Å². The standard InChI is InChI=1S/C13H22N4O/c1-14-7-12-8-15-13(16-9-12)17-5-2-3-11(10-17)4-6-18/h8-9,11,14,18H,2-7,10H2,1H3. The molecule has 1 unspecified atom stereocenters. The van der Waals surface area contributed by atoms with Crippen LogP contribution in [0.15, 0.2) is 12.4 Å². The van der Waals surface area contributed by atoms with Crippen LogP contribution in [0.1, 0.15) is 24.8 Å². The Hall–Kier alpha value is -1.20. The van der Waals surface area contributed by atoms with Crippen LogP contribution in [0.2, 0.25) is 0 Å². The molecule has 2 N–H and O–H groups in total. The molecule has 1 atom stereocenters. The molecular formula is C13H22N4O. The van der Waals surface area contributed by atoms with E-state index in [1.807, 2.05) is 19.4 Å². The fraction of sp³-hybridized carbons (Fsp3) is 0.692. The van der Waals surface area contributed by atoms with Crippen molar-refractivity contribution < 1.29 is 5.11 Å². The van der Waals surface area contributed by atoms with Gasteiger partial charge >= 0.3 is 0 Å². The summed E-state index contributed by atoms with van der Waals surface area (Å²) in [5.41, 5.74) is 1.10. The molecule has 18 heavy (non-hydrogen) atoms. The largest absolute Gasteiger partial charge is 0.396 e. The second-order valence-corrected chi connectivity index (χ2v) is 4.89. The van der Waals surface area contributed by atoms with Gasteiger partial charge in [-0.25, -0.2) is 9.97 Å². The lowest BCUT2D eigenvalue weighted by molar-refractivity contribution is 0.244. The Labute approximate surface area is 108 Å². The molecule has 0 amide bonds. The third-order valence-electron chi connectivity index (χ3n) is 3.41. The molecule has 1 aromatic rings. The Bertz CT molecular complexity index is 353. The predicted octanol–water partition coefficient (Wildman–Crippen LogP) is 0.795. The maximum Gasteiger partial charge on any atom is 0.225 e. The lowest BCUT2D eigenvalue weighted by Crippen LogP contribution is -2.36. The first-order valence-electron chi connectivity index (χ1n) is 6.65. The summed E-state index contributed by atoms with van der Waals surface area (Å²) in [6.07, 6.45) is 7.01. The third-order valence-corrected chi connectivity index (χ3v) is 3.41. The van der Waals surface area contributed by atoms with Gasteiger partial charge in [0.25, 0.3) is 0 Å². The molecule has 0 radical (unpaired) electrons. The number of aliphatic hydroxyl groups is 1. The molecule has 5 heteroatoms. The molecule has 1 aromatic heterocycles. The second kappa shape index (κ2) is 6.66. The van der Waals surface area contributed by atoms with Crippen LogP contribution < -0.4 is 10.2 Å². The van der Waals surface area contributed by atoms with E-state index in [0.29, 0.717) is 5.92 Å². The molecule has 1 aliphatic heterocycles. The first kappa shape index (κ1) is 13.2. The lowest BCUT2D eigenvalue weighted by atomic mass is 9.95. The highest BCUT2D eigenvalue weighted by Crippen LogP contribution is 2.22. The van der Waals surface area contributed by atoms with Gasteiger partial charge in [0.1, 0.15) is 0 Å². The molecule has 5 nitrogen and oxygen atoms in total. The average molecular weight is 250 g/mol. The molecule has 1 aliphatic rings. The maximum absolute atomic E-state index is 9.01. The summed E-state index contributed by atoms with van der Waals surface area (Å²) < 4.78 is 0. The summed E-state index contributed by atoms with van der Waals surface area (Å²) in [6.45, 7) is 3.06. The van der Waals surface area contributed by atoms with Gasteiger partial charge in [-0.15, -0.1) is 0 Å². The molecule has 2 heterocycles. The van der Waals surface area contributed by atoms with E-state index in [1.165, 1.54) is 6.42 Å². The highest BCUT2D eigenvalue weighted by molar-refractivity contribution is 5.30. The van der Waals surface area contributed by atoms with Crippen LogP contribution in [0.3, 0.4) is 0 Å². The van der Waals surface area contributed by atoms with E-state index >= 15 is 0 Å². The molecule has 1 fully saturated rings. The monoisotopic (exact) mass is 250 g/mol. The van der Waals surface area contributed by atoms with Crippen molar-refractivity contribution >= 4 is 5.95 Å². The minimum absolute atomic E-state index is 0.278. The van der Waals surface area contributed by atoms with Crippen LogP contribution in [0.4, 0.5) is 5.95 Å². The summed E-state index contributed by atoms with van der Waals surface area (Å²) >= 11 is 0. The molecular weight excluding hydrogens is 228 g/mol. The number of hydrogen-bond donors (Lipinski definition) is 2. The minimum Gasteiger partial charge on any atom is -0.396 e. The van der Waals surface area contributed by atoms with E-state index in [0.717, 1.165) is 44.0 Å². The Morgan fingerprint density at radius 3 is 2.89 bits per heavy atom. The SMILES string of the molecule is CNCc1cnc(N2CCCC(CCO)C2)nc1. The van der Waals surface area contributed by atoms with E-state index in [4.69, 9.17) is 5.11 Å². The van der Waals surface area contributed by atoms with Crippen molar-refractivity contribution in [3.8, 4) is 0 Å². The summed E-state index contributed by atoms with van der Waals surface area (Å²) in [5.74, 6) is 1.39. The number of piperidine rings is 1. The van der Waals surface area contributed by atoms with Crippen molar-refractivity contribution in [2.75, 3.05) is 31.6 Å². The zero-order valence-electron chi connectivity index (χ0n) is 11.0. The van der Waals surface area contributed by atoms with E-state index < -0.39 is 0 Å². The van der Waals surface area contributed by atoms with Gasteiger partial charge in [-0.05, 0) is 32.2 Å². The van der Waals surface area contributed by atoms with Gasteiger partial charge in [-0.1, -0.05) is 0 Å². The van der Waals surface area contributed by atoms with Crippen molar-refractivity contribution in [2.45, 2.75) is 25.8 Å². The van der Waals surface area contributed by atoms with Gasteiger partial charge in [-0.3, -0.25) is 0 Å². The van der Waals surface area contributed by atoms with Crippen LogP contribution in [0.5, 0.6) is 0 Å². The number of nitrogens with one attached hydrogen (secondary N) is 1. The summed E-state index contributed by atoms with van der Waals surface area (Å²) in [5, 5.41) is 12.1. The number of aromatic nitrogens is 2. The summed E-state index contributed by atoms with van der Waals surface area (Å²) in [4.78, 5) is 11.1. The maximum atomic E-state index is 9.01. The highest BCUT2D eigenvalue weighted by atomic mass is 16.3. The van der Waals surface area contributed by atoms with Gasteiger partial charge in [0, 0.05) is 44.2 Å². The van der Waals surface area contributed by atoms with Crippen LogP contribution in [0, 0.1) is 5.92 Å².